The van der Waals surface area contributed by atoms with Crippen molar-refractivity contribution in [1.29, 1.82) is 0 Å². The van der Waals surface area contributed by atoms with E-state index < -0.39 is 0 Å². The SMILES string of the molecule is c1cc2ncc(-c3ccc(OCCN4CCCCC4)cn3)cn2n1. The summed E-state index contributed by atoms with van der Waals surface area (Å²) in [6, 6.07) is 5.80. The van der Waals surface area contributed by atoms with E-state index in [1.54, 1.807) is 16.9 Å². The van der Waals surface area contributed by atoms with Crippen molar-refractivity contribution >= 4 is 5.65 Å². The first-order valence-electron chi connectivity index (χ1n) is 8.49. The number of hydrogen-bond donors (Lipinski definition) is 0. The molecule has 1 fully saturated rings. The molecule has 1 aliphatic rings. The van der Waals surface area contributed by atoms with Crippen LogP contribution in [-0.4, -0.2) is 50.7 Å². The van der Waals surface area contributed by atoms with Gasteiger partial charge in [0.15, 0.2) is 5.65 Å². The third-order valence-corrected chi connectivity index (χ3v) is 4.40. The highest BCUT2D eigenvalue weighted by Gasteiger charge is 2.09. The Hall–Kier alpha value is -2.47. The molecule has 24 heavy (non-hydrogen) atoms. The molecule has 0 atom stereocenters. The number of hydrogen-bond acceptors (Lipinski definition) is 5. The maximum atomic E-state index is 5.82. The van der Waals surface area contributed by atoms with Crippen LogP contribution in [0.1, 0.15) is 19.3 Å². The Morgan fingerprint density at radius 1 is 1.00 bits per heavy atom. The third kappa shape index (κ3) is 3.38. The monoisotopic (exact) mass is 323 g/mol. The van der Waals surface area contributed by atoms with E-state index >= 15 is 0 Å². The molecule has 0 amide bonds. The Balaban J connectivity index is 1.37. The Labute approximate surface area is 141 Å². The molecular weight excluding hydrogens is 302 g/mol. The number of aromatic nitrogens is 4. The van der Waals surface area contributed by atoms with Crippen LogP contribution in [0.25, 0.3) is 16.9 Å². The summed E-state index contributed by atoms with van der Waals surface area (Å²) in [4.78, 5) is 11.3. The molecule has 4 heterocycles. The molecule has 3 aromatic heterocycles. The van der Waals surface area contributed by atoms with Crippen LogP contribution in [0.2, 0.25) is 0 Å². The maximum Gasteiger partial charge on any atom is 0.154 e. The number of pyridine rings is 1. The average molecular weight is 323 g/mol. The summed E-state index contributed by atoms with van der Waals surface area (Å²) in [5, 5.41) is 4.20. The molecular formula is C18H21N5O. The summed E-state index contributed by atoms with van der Waals surface area (Å²) >= 11 is 0. The molecule has 0 aromatic carbocycles. The molecule has 6 nitrogen and oxygen atoms in total. The quantitative estimate of drug-likeness (QED) is 0.722. The fraction of sp³-hybridized carbons (Fsp3) is 0.389. The topological polar surface area (TPSA) is 55.5 Å². The first kappa shape index (κ1) is 15.1. The molecule has 0 aliphatic carbocycles. The predicted molar refractivity (Wildman–Crippen MR) is 92.0 cm³/mol. The zero-order valence-corrected chi connectivity index (χ0v) is 13.6. The van der Waals surface area contributed by atoms with E-state index in [4.69, 9.17) is 4.74 Å². The van der Waals surface area contributed by atoms with Gasteiger partial charge in [0.1, 0.15) is 12.4 Å². The van der Waals surface area contributed by atoms with Gasteiger partial charge in [0.2, 0.25) is 0 Å². The Bertz CT molecular complexity index is 793. The molecule has 1 saturated heterocycles. The van der Waals surface area contributed by atoms with Crippen LogP contribution in [-0.2, 0) is 0 Å². The van der Waals surface area contributed by atoms with Gasteiger partial charge in [0.05, 0.1) is 18.1 Å². The normalized spacial score (nSPS) is 15.7. The molecule has 6 heteroatoms. The van der Waals surface area contributed by atoms with Crippen LogP contribution in [0.3, 0.4) is 0 Å². The molecule has 0 spiro atoms. The largest absolute Gasteiger partial charge is 0.491 e. The number of rotatable bonds is 5. The number of likely N-dealkylation sites (tertiary alicyclic amines) is 1. The second-order valence-corrected chi connectivity index (χ2v) is 6.11. The van der Waals surface area contributed by atoms with E-state index in [2.05, 4.69) is 20.0 Å². The standard InChI is InChI=1S/C18H21N5O/c1-2-8-22(9-3-1)10-11-24-16-4-5-17(19-13-16)15-12-20-18-6-7-21-23(18)14-15/h4-7,12-14H,1-3,8-11H2. The van der Waals surface area contributed by atoms with Gasteiger partial charge in [-0.25, -0.2) is 9.50 Å². The second kappa shape index (κ2) is 6.97. The van der Waals surface area contributed by atoms with E-state index in [0.717, 1.165) is 29.2 Å². The first-order valence-corrected chi connectivity index (χ1v) is 8.49. The van der Waals surface area contributed by atoms with Gasteiger partial charge in [-0.15, -0.1) is 0 Å². The summed E-state index contributed by atoms with van der Waals surface area (Å²) in [5.74, 6) is 0.809. The van der Waals surface area contributed by atoms with Gasteiger partial charge in [-0.1, -0.05) is 6.42 Å². The fourth-order valence-electron chi connectivity index (χ4n) is 3.05. The van der Waals surface area contributed by atoms with Crippen molar-refractivity contribution in [2.75, 3.05) is 26.2 Å². The minimum absolute atomic E-state index is 0.710. The molecule has 0 bridgehead atoms. The van der Waals surface area contributed by atoms with Crippen LogP contribution in [0.5, 0.6) is 5.75 Å². The lowest BCUT2D eigenvalue weighted by atomic mass is 10.1. The number of nitrogens with zero attached hydrogens (tertiary/aromatic N) is 5. The summed E-state index contributed by atoms with van der Waals surface area (Å²) in [7, 11) is 0. The maximum absolute atomic E-state index is 5.82. The zero-order valence-electron chi connectivity index (χ0n) is 13.6. The molecule has 0 saturated carbocycles. The molecule has 4 rings (SSSR count). The van der Waals surface area contributed by atoms with Gasteiger partial charge in [-0.2, -0.15) is 5.10 Å². The molecule has 0 radical (unpaired) electrons. The van der Waals surface area contributed by atoms with Gasteiger partial charge < -0.3 is 4.74 Å². The number of fused-ring (bicyclic) bond motifs is 1. The van der Waals surface area contributed by atoms with Crippen LogP contribution in [0.15, 0.2) is 43.0 Å². The van der Waals surface area contributed by atoms with E-state index in [-0.39, 0.29) is 0 Å². The van der Waals surface area contributed by atoms with Crippen molar-refractivity contribution in [3.8, 4) is 17.0 Å². The summed E-state index contributed by atoms with van der Waals surface area (Å²) in [6.07, 6.45) is 11.2. The fourth-order valence-corrected chi connectivity index (χ4v) is 3.05. The molecule has 0 unspecified atom stereocenters. The molecule has 1 aliphatic heterocycles. The lowest BCUT2D eigenvalue weighted by Gasteiger charge is -2.26. The van der Waals surface area contributed by atoms with Crippen LogP contribution in [0.4, 0.5) is 0 Å². The van der Waals surface area contributed by atoms with Gasteiger partial charge in [-0.3, -0.25) is 9.88 Å². The van der Waals surface area contributed by atoms with Crippen molar-refractivity contribution in [3.05, 3.63) is 43.0 Å². The number of ether oxygens (including phenoxy) is 1. The van der Waals surface area contributed by atoms with E-state index in [1.165, 1.54) is 32.4 Å². The third-order valence-electron chi connectivity index (χ3n) is 4.40. The van der Waals surface area contributed by atoms with Crippen molar-refractivity contribution < 1.29 is 4.74 Å². The van der Waals surface area contributed by atoms with Gasteiger partial charge in [0.25, 0.3) is 0 Å². The minimum atomic E-state index is 0.710. The van der Waals surface area contributed by atoms with Gasteiger partial charge in [-0.05, 0) is 38.1 Å². The Morgan fingerprint density at radius 2 is 1.92 bits per heavy atom. The summed E-state index contributed by atoms with van der Waals surface area (Å²) in [5.41, 5.74) is 2.63. The molecule has 3 aromatic rings. The molecule has 124 valence electrons. The highest BCUT2D eigenvalue weighted by molar-refractivity contribution is 5.58. The lowest BCUT2D eigenvalue weighted by Crippen LogP contribution is -2.33. The highest BCUT2D eigenvalue weighted by Crippen LogP contribution is 2.19. The average Bonchev–Trinajstić information content (AvgIpc) is 3.11. The van der Waals surface area contributed by atoms with E-state index in [0.29, 0.717) is 6.61 Å². The Kier molecular flexibility index (Phi) is 4.38. The first-order chi connectivity index (χ1) is 11.9. The predicted octanol–water partition coefficient (Wildman–Crippen LogP) is 2.66. The highest BCUT2D eigenvalue weighted by atomic mass is 16.5. The van der Waals surface area contributed by atoms with Crippen molar-refractivity contribution in [3.63, 3.8) is 0 Å². The van der Waals surface area contributed by atoms with Crippen molar-refractivity contribution in [1.82, 2.24) is 24.5 Å². The molecule has 0 N–H and O–H groups in total. The van der Waals surface area contributed by atoms with E-state index in [1.807, 2.05) is 30.6 Å². The van der Waals surface area contributed by atoms with Crippen LogP contribution >= 0.6 is 0 Å². The van der Waals surface area contributed by atoms with Gasteiger partial charge >= 0.3 is 0 Å². The van der Waals surface area contributed by atoms with Gasteiger partial charge in [0, 0.05) is 30.6 Å². The zero-order chi connectivity index (χ0) is 16.2. The summed E-state index contributed by atoms with van der Waals surface area (Å²) in [6.45, 7) is 4.09. The smallest absolute Gasteiger partial charge is 0.154 e. The van der Waals surface area contributed by atoms with Crippen molar-refractivity contribution in [2.24, 2.45) is 0 Å². The van der Waals surface area contributed by atoms with Crippen LogP contribution < -0.4 is 4.74 Å². The van der Waals surface area contributed by atoms with E-state index in [9.17, 15) is 0 Å². The van der Waals surface area contributed by atoms with Crippen molar-refractivity contribution in [2.45, 2.75) is 19.3 Å². The summed E-state index contributed by atoms with van der Waals surface area (Å²) < 4.78 is 7.57. The Morgan fingerprint density at radius 3 is 2.75 bits per heavy atom. The lowest BCUT2D eigenvalue weighted by molar-refractivity contribution is 0.183. The minimum Gasteiger partial charge on any atom is -0.491 e. The second-order valence-electron chi connectivity index (χ2n) is 6.11. The number of piperidine rings is 1. The van der Waals surface area contributed by atoms with Crippen LogP contribution in [0, 0.1) is 0 Å².